The minimum atomic E-state index is -3.64. The Balaban J connectivity index is 1.78. The molecule has 1 aliphatic rings. The lowest BCUT2D eigenvalue weighted by Gasteiger charge is -2.27. The standard InChI is InChI=1S/C18H21N3O3S/c1-13-4-9-17(12-14(13)2)25(23,24)20-15-5-7-16(8-6-15)21-11-3-10-19-18(21)22/h4-9,12,20H,3,10-11H2,1-2H3,(H,19,22). The van der Waals surface area contributed by atoms with Crippen molar-refractivity contribution in [2.24, 2.45) is 0 Å². The fourth-order valence-electron chi connectivity index (χ4n) is 2.68. The van der Waals surface area contributed by atoms with Crippen LogP contribution in [0.1, 0.15) is 17.5 Å². The quantitative estimate of drug-likeness (QED) is 0.881. The molecule has 0 aliphatic carbocycles. The Morgan fingerprint density at radius 1 is 1.04 bits per heavy atom. The summed E-state index contributed by atoms with van der Waals surface area (Å²) in [5.74, 6) is 0. The van der Waals surface area contributed by atoms with Crippen LogP contribution in [0.5, 0.6) is 0 Å². The number of anilines is 2. The van der Waals surface area contributed by atoms with Gasteiger partial charge in [-0.05, 0) is 67.8 Å². The molecule has 2 N–H and O–H groups in total. The van der Waals surface area contributed by atoms with Crippen LogP contribution in [0.3, 0.4) is 0 Å². The first-order chi connectivity index (χ1) is 11.9. The maximum atomic E-state index is 12.5. The highest BCUT2D eigenvalue weighted by Gasteiger charge is 2.19. The van der Waals surface area contributed by atoms with Gasteiger partial charge in [-0.15, -0.1) is 0 Å². The van der Waals surface area contributed by atoms with E-state index in [2.05, 4.69) is 10.0 Å². The summed E-state index contributed by atoms with van der Waals surface area (Å²) in [6.45, 7) is 5.16. The fourth-order valence-corrected chi connectivity index (χ4v) is 3.82. The van der Waals surface area contributed by atoms with Gasteiger partial charge in [0.05, 0.1) is 4.90 Å². The summed E-state index contributed by atoms with van der Waals surface area (Å²) < 4.78 is 27.6. The highest BCUT2D eigenvalue weighted by molar-refractivity contribution is 7.92. The van der Waals surface area contributed by atoms with E-state index in [0.717, 1.165) is 23.2 Å². The van der Waals surface area contributed by atoms with Gasteiger partial charge in [-0.25, -0.2) is 13.2 Å². The monoisotopic (exact) mass is 359 g/mol. The molecule has 2 aromatic carbocycles. The summed E-state index contributed by atoms with van der Waals surface area (Å²) in [7, 11) is -3.64. The molecule has 0 bridgehead atoms. The Labute approximate surface area is 147 Å². The predicted octanol–water partition coefficient (Wildman–Crippen LogP) is 3.02. The summed E-state index contributed by atoms with van der Waals surface area (Å²) in [6, 6.07) is 11.7. The van der Waals surface area contributed by atoms with Gasteiger partial charge in [0.25, 0.3) is 10.0 Å². The van der Waals surface area contributed by atoms with Gasteiger partial charge in [-0.1, -0.05) is 6.07 Å². The van der Waals surface area contributed by atoms with Crippen molar-refractivity contribution in [1.82, 2.24) is 5.32 Å². The molecule has 1 fully saturated rings. The molecule has 2 amide bonds. The second-order valence-electron chi connectivity index (χ2n) is 6.14. The van der Waals surface area contributed by atoms with E-state index in [1.165, 1.54) is 0 Å². The first-order valence-corrected chi connectivity index (χ1v) is 9.61. The number of sulfonamides is 1. The van der Waals surface area contributed by atoms with Crippen molar-refractivity contribution < 1.29 is 13.2 Å². The maximum Gasteiger partial charge on any atom is 0.321 e. The number of carbonyl (C=O) groups excluding carboxylic acids is 1. The summed E-state index contributed by atoms with van der Waals surface area (Å²) in [6.07, 6.45) is 0.882. The summed E-state index contributed by atoms with van der Waals surface area (Å²) in [5.41, 5.74) is 3.17. The first-order valence-electron chi connectivity index (χ1n) is 8.12. The van der Waals surface area contributed by atoms with Crippen LogP contribution in [0.25, 0.3) is 0 Å². The number of hydrogen-bond donors (Lipinski definition) is 2. The van der Waals surface area contributed by atoms with Crippen LogP contribution in [0.2, 0.25) is 0 Å². The van der Waals surface area contributed by atoms with Crippen molar-refractivity contribution in [3.8, 4) is 0 Å². The van der Waals surface area contributed by atoms with Crippen molar-refractivity contribution in [1.29, 1.82) is 0 Å². The van der Waals surface area contributed by atoms with E-state index in [1.807, 2.05) is 13.8 Å². The smallest absolute Gasteiger partial charge is 0.321 e. The third-order valence-electron chi connectivity index (χ3n) is 4.30. The number of rotatable bonds is 4. The second kappa shape index (κ2) is 6.76. The lowest BCUT2D eigenvalue weighted by atomic mass is 10.1. The summed E-state index contributed by atoms with van der Waals surface area (Å²) in [5, 5.41) is 2.79. The Kier molecular flexibility index (Phi) is 4.67. The highest BCUT2D eigenvalue weighted by atomic mass is 32.2. The highest BCUT2D eigenvalue weighted by Crippen LogP contribution is 2.22. The largest absolute Gasteiger partial charge is 0.338 e. The number of benzene rings is 2. The van der Waals surface area contributed by atoms with Gasteiger partial charge in [0.1, 0.15) is 0 Å². The zero-order chi connectivity index (χ0) is 18.0. The number of nitrogens with zero attached hydrogens (tertiary/aromatic N) is 1. The molecule has 0 aromatic heterocycles. The molecule has 1 aliphatic heterocycles. The average Bonchev–Trinajstić information content (AvgIpc) is 2.58. The van der Waals surface area contributed by atoms with Crippen molar-refractivity contribution in [2.75, 3.05) is 22.7 Å². The minimum Gasteiger partial charge on any atom is -0.338 e. The molecule has 0 saturated carbocycles. The maximum absolute atomic E-state index is 12.5. The van der Waals surface area contributed by atoms with Crippen LogP contribution in [-0.4, -0.2) is 27.5 Å². The van der Waals surface area contributed by atoms with E-state index >= 15 is 0 Å². The molecule has 1 saturated heterocycles. The molecule has 0 spiro atoms. The average molecular weight is 359 g/mol. The third-order valence-corrected chi connectivity index (χ3v) is 5.68. The van der Waals surface area contributed by atoms with Crippen LogP contribution >= 0.6 is 0 Å². The van der Waals surface area contributed by atoms with Gasteiger partial charge in [0.2, 0.25) is 0 Å². The molecule has 1 heterocycles. The Hall–Kier alpha value is -2.54. The molecule has 132 valence electrons. The van der Waals surface area contributed by atoms with Crippen LogP contribution < -0.4 is 14.9 Å². The molecule has 6 nitrogen and oxygen atoms in total. The van der Waals surface area contributed by atoms with E-state index in [9.17, 15) is 13.2 Å². The normalized spacial score (nSPS) is 15.0. The second-order valence-corrected chi connectivity index (χ2v) is 7.82. The zero-order valence-electron chi connectivity index (χ0n) is 14.2. The van der Waals surface area contributed by atoms with E-state index in [0.29, 0.717) is 18.8 Å². The third kappa shape index (κ3) is 3.76. The van der Waals surface area contributed by atoms with Gasteiger partial charge in [0.15, 0.2) is 0 Å². The van der Waals surface area contributed by atoms with Crippen LogP contribution in [0, 0.1) is 13.8 Å². The van der Waals surface area contributed by atoms with Crippen molar-refractivity contribution >= 4 is 27.4 Å². The van der Waals surface area contributed by atoms with Crippen molar-refractivity contribution in [3.63, 3.8) is 0 Å². The zero-order valence-corrected chi connectivity index (χ0v) is 15.1. The van der Waals surface area contributed by atoms with Gasteiger partial charge < -0.3 is 5.32 Å². The number of carbonyl (C=O) groups is 1. The minimum absolute atomic E-state index is 0.130. The van der Waals surface area contributed by atoms with E-state index in [4.69, 9.17) is 0 Å². The Morgan fingerprint density at radius 2 is 1.76 bits per heavy atom. The van der Waals surface area contributed by atoms with Gasteiger partial charge >= 0.3 is 6.03 Å². The fraction of sp³-hybridized carbons (Fsp3) is 0.278. The number of amides is 2. The van der Waals surface area contributed by atoms with Gasteiger partial charge in [0, 0.05) is 24.5 Å². The topological polar surface area (TPSA) is 78.5 Å². The van der Waals surface area contributed by atoms with Crippen molar-refractivity contribution in [3.05, 3.63) is 53.6 Å². The van der Waals surface area contributed by atoms with Crippen LogP contribution in [-0.2, 0) is 10.0 Å². The molecule has 0 radical (unpaired) electrons. The molecule has 2 aromatic rings. The number of hydrogen-bond acceptors (Lipinski definition) is 3. The Bertz CT molecular complexity index is 892. The molecule has 7 heteroatoms. The first kappa shape index (κ1) is 17.3. The summed E-state index contributed by atoms with van der Waals surface area (Å²) in [4.78, 5) is 13.7. The molecule has 0 atom stereocenters. The van der Waals surface area contributed by atoms with Gasteiger partial charge in [-0.2, -0.15) is 0 Å². The molecule has 25 heavy (non-hydrogen) atoms. The van der Waals surface area contributed by atoms with E-state index in [1.54, 1.807) is 47.4 Å². The SMILES string of the molecule is Cc1ccc(S(=O)(=O)Nc2ccc(N3CCCNC3=O)cc2)cc1C. The molecule has 3 rings (SSSR count). The predicted molar refractivity (Wildman–Crippen MR) is 98.5 cm³/mol. The summed E-state index contributed by atoms with van der Waals surface area (Å²) >= 11 is 0. The molecule has 0 unspecified atom stereocenters. The lowest BCUT2D eigenvalue weighted by Crippen LogP contribution is -2.46. The van der Waals surface area contributed by atoms with Gasteiger partial charge in [-0.3, -0.25) is 9.62 Å². The number of urea groups is 1. The Morgan fingerprint density at radius 3 is 2.40 bits per heavy atom. The lowest BCUT2D eigenvalue weighted by molar-refractivity contribution is 0.243. The van der Waals surface area contributed by atoms with E-state index < -0.39 is 10.0 Å². The molecular weight excluding hydrogens is 338 g/mol. The number of nitrogens with one attached hydrogen (secondary N) is 2. The van der Waals surface area contributed by atoms with Crippen LogP contribution in [0.4, 0.5) is 16.2 Å². The molecular formula is C18H21N3O3S. The van der Waals surface area contributed by atoms with E-state index in [-0.39, 0.29) is 10.9 Å². The van der Waals surface area contributed by atoms with Crippen molar-refractivity contribution in [2.45, 2.75) is 25.2 Å². The number of aryl methyl sites for hydroxylation is 2. The van der Waals surface area contributed by atoms with Crippen LogP contribution in [0.15, 0.2) is 47.4 Å².